The number of hydrogen-bond acceptors (Lipinski definition) is 11. The summed E-state index contributed by atoms with van der Waals surface area (Å²) in [5.74, 6) is -1.21. The van der Waals surface area contributed by atoms with Gasteiger partial charge in [0.05, 0.1) is 42.7 Å². The number of anilines is 2. The number of esters is 1. The highest BCUT2D eigenvalue weighted by Crippen LogP contribution is 2.30. The van der Waals surface area contributed by atoms with Crippen molar-refractivity contribution in [1.29, 1.82) is 0 Å². The molecule has 1 unspecified atom stereocenters. The Labute approximate surface area is 234 Å². The van der Waals surface area contributed by atoms with E-state index >= 15 is 4.39 Å². The van der Waals surface area contributed by atoms with E-state index in [1.54, 1.807) is 39.0 Å². The predicted molar refractivity (Wildman–Crippen MR) is 144 cm³/mol. The second kappa shape index (κ2) is 12.1. The Bertz CT molecular complexity index is 1310. The molecule has 3 heterocycles. The van der Waals surface area contributed by atoms with Gasteiger partial charge in [-0.1, -0.05) is 6.08 Å². The summed E-state index contributed by atoms with van der Waals surface area (Å²) < 4.78 is 39.0. The van der Waals surface area contributed by atoms with Gasteiger partial charge in [-0.05, 0) is 51.0 Å². The van der Waals surface area contributed by atoms with Gasteiger partial charge in [0.15, 0.2) is 18.2 Å². The Kier molecular flexibility index (Phi) is 8.79. The summed E-state index contributed by atoms with van der Waals surface area (Å²) in [6.07, 6.45) is 1.43. The molecule has 1 aromatic heterocycles. The minimum atomic E-state index is -0.754. The van der Waals surface area contributed by atoms with Gasteiger partial charge in [-0.25, -0.2) is 14.0 Å². The van der Waals surface area contributed by atoms with Crippen LogP contribution in [0.15, 0.2) is 30.5 Å². The average Bonchev–Trinajstić information content (AvgIpc) is 3.54. The fourth-order valence-corrected chi connectivity index (χ4v) is 4.64. The zero-order valence-corrected chi connectivity index (χ0v) is 23.3. The van der Waals surface area contributed by atoms with Crippen molar-refractivity contribution in [2.75, 3.05) is 36.0 Å². The summed E-state index contributed by atoms with van der Waals surface area (Å²) in [7, 11) is 0. The first-order chi connectivity index (χ1) is 18.9. The van der Waals surface area contributed by atoms with E-state index in [4.69, 9.17) is 14.2 Å². The highest BCUT2D eigenvalue weighted by atomic mass is 32.1. The largest absolute Gasteiger partial charge is 0.458 e. The first kappa shape index (κ1) is 29.1. The molecule has 0 spiro atoms. The molecule has 214 valence electrons. The van der Waals surface area contributed by atoms with Crippen molar-refractivity contribution in [3.05, 3.63) is 41.9 Å². The van der Waals surface area contributed by atoms with E-state index in [1.165, 1.54) is 29.0 Å². The lowest BCUT2D eigenvalue weighted by Crippen LogP contribution is -2.42. The van der Waals surface area contributed by atoms with E-state index in [1.807, 2.05) is 0 Å². The van der Waals surface area contributed by atoms with Gasteiger partial charge in [-0.15, -0.1) is 0 Å². The molecule has 1 N–H and O–H groups in total. The molecule has 4 rings (SSSR count). The van der Waals surface area contributed by atoms with Crippen molar-refractivity contribution in [2.45, 2.75) is 51.9 Å². The third-order valence-electron chi connectivity index (χ3n) is 6.00. The molecule has 2 amide bonds. The maximum absolute atomic E-state index is 15.3. The molecule has 12 nitrogen and oxygen atoms in total. The van der Waals surface area contributed by atoms with E-state index in [-0.39, 0.29) is 37.0 Å². The van der Waals surface area contributed by atoms with E-state index < -0.39 is 41.7 Å². The Hall–Kier alpha value is -3.91. The molecule has 2 aliphatic rings. The minimum absolute atomic E-state index is 0.0359. The molecule has 14 heteroatoms. The van der Waals surface area contributed by atoms with E-state index in [0.29, 0.717) is 24.1 Å². The quantitative estimate of drug-likeness (QED) is 0.368. The van der Waals surface area contributed by atoms with E-state index in [9.17, 15) is 19.2 Å². The molecule has 2 aliphatic heterocycles. The molecular formula is C26H30FN5O7S. The van der Waals surface area contributed by atoms with Crippen LogP contribution in [-0.2, 0) is 23.8 Å². The SMILES string of the molecule is CC(=O)OCC(=O)C1C=C(c2ccc(N3C[C@H](CN(C(=O)OC(C)(C)C)c4cnsn4)OC3=O)cc2F)CCN1. The first-order valence-electron chi connectivity index (χ1n) is 12.6. The third kappa shape index (κ3) is 7.18. The van der Waals surface area contributed by atoms with Gasteiger partial charge in [0.2, 0.25) is 0 Å². The summed E-state index contributed by atoms with van der Waals surface area (Å²) in [5, 5.41) is 3.02. The lowest BCUT2D eigenvalue weighted by molar-refractivity contribution is -0.146. The van der Waals surface area contributed by atoms with Crippen molar-refractivity contribution in [1.82, 2.24) is 14.1 Å². The van der Waals surface area contributed by atoms with Crippen molar-refractivity contribution in [2.24, 2.45) is 0 Å². The molecule has 1 aromatic carbocycles. The van der Waals surface area contributed by atoms with Gasteiger partial charge in [-0.2, -0.15) is 8.75 Å². The van der Waals surface area contributed by atoms with E-state index in [0.717, 1.165) is 11.7 Å². The number of ether oxygens (including phenoxy) is 3. The molecule has 2 aromatic rings. The van der Waals surface area contributed by atoms with Crippen LogP contribution in [0.3, 0.4) is 0 Å². The standard InChI is InChI=1S/C26H30FN5O7S/c1-15(33)37-14-22(34)21-9-16(7-8-28-21)19-6-5-17(10-20(19)27)31-12-18(38-24(31)35)13-32(23-11-29-40-30-23)25(36)39-26(2,3)4/h5-6,9-11,18,21,28H,7-8,12-14H2,1-4H3/t18-,21?/m1/s1. The third-order valence-corrected chi connectivity index (χ3v) is 6.47. The number of carbonyl (C=O) groups is 4. The number of ketones is 1. The van der Waals surface area contributed by atoms with Crippen LogP contribution in [0.25, 0.3) is 5.57 Å². The number of nitrogens with zero attached hydrogens (tertiary/aromatic N) is 4. The minimum Gasteiger partial charge on any atom is -0.458 e. The molecule has 1 saturated heterocycles. The summed E-state index contributed by atoms with van der Waals surface area (Å²) in [4.78, 5) is 51.4. The van der Waals surface area contributed by atoms with Gasteiger partial charge in [0, 0.05) is 19.0 Å². The van der Waals surface area contributed by atoms with Gasteiger partial charge in [-0.3, -0.25) is 19.4 Å². The fraction of sp³-hybridized carbons (Fsp3) is 0.462. The lowest BCUT2D eigenvalue weighted by Gasteiger charge is -2.27. The highest BCUT2D eigenvalue weighted by molar-refractivity contribution is 6.99. The van der Waals surface area contributed by atoms with Crippen LogP contribution < -0.4 is 15.1 Å². The normalized spacial score (nSPS) is 19.1. The average molecular weight is 576 g/mol. The van der Waals surface area contributed by atoms with Crippen LogP contribution in [0.5, 0.6) is 0 Å². The molecule has 0 saturated carbocycles. The monoisotopic (exact) mass is 575 g/mol. The van der Waals surface area contributed by atoms with Crippen LogP contribution in [-0.4, -0.2) is 76.7 Å². The Balaban J connectivity index is 1.46. The number of Topliss-reactive ketones (excluding diaryl/α,β-unsaturated/α-hetero) is 1. The Morgan fingerprint density at radius 2 is 2.08 bits per heavy atom. The maximum Gasteiger partial charge on any atom is 0.416 e. The maximum atomic E-state index is 15.3. The lowest BCUT2D eigenvalue weighted by atomic mass is 9.95. The van der Waals surface area contributed by atoms with Crippen molar-refractivity contribution < 1.29 is 37.8 Å². The number of benzene rings is 1. The number of rotatable bonds is 8. The molecule has 0 aliphatic carbocycles. The second-order valence-corrected chi connectivity index (χ2v) is 10.8. The number of aromatic nitrogens is 2. The number of carbonyl (C=O) groups excluding carboxylic acids is 4. The van der Waals surface area contributed by atoms with E-state index in [2.05, 4.69) is 14.1 Å². The zero-order valence-electron chi connectivity index (χ0n) is 22.5. The van der Waals surface area contributed by atoms with Gasteiger partial charge < -0.3 is 19.5 Å². The van der Waals surface area contributed by atoms with Crippen molar-refractivity contribution in [3.8, 4) is 0 Å². The second-order valence-electron chi connectivity index (χ2n) is 10.3. The summed E-state index contributed by atoms with van der Waals surface area (Å²) in [6.45, 7) is 6.51. The van der Waals surface area contributed by atoms with Crippen LogP contribution in [0.1, 0.15) is 39.7 Å². The molecular weight excluding hydrogens is 545 g/mol. The summed E-state index contributed by atoms with van der Waals surface area (Å²) in [6, 6.07) is 3.66. The van der Waals surface area contributed by atoms with Crippen molar-refractivity contribution in [3.63, 3.8) is 0 Å². The number of halogens is 1. The smallest absolute Gasteiger partial charge is 0.416 e. The Morgan fingerprint density at radius 1 is 1.30 bits per heavy atom. The topological polar surface area (TPSA) is 140 Å². The molecule has 0 bridgehead atoms. The predicted octanol–water partition coefficient (Wildman–Crippen LogP) is 3.32. The highest BCUT2D eigenvalue weighted by Gasteiger charge is 2.37. The molecule has 0 radical (unpaired) electrons. The van der Waals surface area contributed by atoms with Crippen molar-refractivity contribution >= 4 is 52.7 Å². The molecule has 40 heavy (non-hydrogen) atoms. The number of amides is 2. The number of cyclic esters (lactones) is 1. The zero-order chi connectivity index (χ0) is 29.0. The molecule has 2 atom stereocenters. The van der Waals surface area contributed by atoms with Crippen LogP contribution in [0.2, 0.25) is 0 Å². The van der Waals surface area contributed by atoms with Crippen LogP contribution in [0.4, 0.5) is 25.5 Å². The number of nitrogens with one attached hydrogen (secondary N) is 1. The van der Waals surface area contributed by atoms with Crippen LogP contribution >= 0.6 is 11.7 Å². The summed E-state index contributed by atoms with van der Waals surface area (Å²) >= 11 is 0.923. The van der Waals surface area contributed by atoms with Gasteiger partial charge in [0.25, 0.3) is 0 Å². The van der Waals surface area contributed by atoms with Crippen LogP contribution in [0, 0.1) is 5.82 Å². The number of hydrogen-bond donors (Lipinski definition) is 1. The van der Waals surface area contributed by atoms with Gasteiger partial charge in [0.1, 0.15) is 17.5 Å². The first-order valence-corrected chi connectivity index (χ1v) is 13.3. The Morgan fingerprint density at radius 3 is 2.73 bits per heavy atom. The fourth-order valence-electron chi connectivity index (χ4n) is 4.22. The molecule has 1 fully saturated rings. The van der Waals surface area contributed by atoms with Gasteiger partial charge >= 0.3 is 18.2 Å². The summed E-state index contributed by atoms with van der Waals surface area (Å²) in [5.41, 5.74) is 0.447.